The van der Waals surface area contributed by atoms with Gasteiger partial charge in [-0.3, -0.25) is 0 Å². The van der Waals surface area contributed by atoms with E-state index in [1.165, 1.54) is 32.1 Å². The SMILES string of the molecule is CCCCCCCC(S)[Si](OC)(OC)OC. The molecule has 3 nitrogen and oxygen atoms in total. The van der Waals surface area contributed by atoms with Crippen LogP contribution < -0.4 is 0 Å². The molecule has 0 spiro atoms. The third-order valence-electron chi connectivity index (χ3n) is 2.84. The molecular formula is C11H26O3SSi. The monoisotopic (exact) mass is 266 g/mol. The van der Waals surface area contributed by atoms with Crippen molar-refractivity contribution in [1.29, 1.82) is 0 Å². The zero-order valence-electron chi connectivity index (χ0n) is 11.0. The second kappa shape index (κ2) is 9.47. The highest BCUT2D eigenvalue weighted by Gasteiger charge is 2.44. The predicted octanol–water partition coefficient (Wildman–Crippen LogP) is 3.06. The number of unbranched alkanes of at least 4 members (excludes halogenated alkanes) is 4. The first-order chi connectivity index (χ1) is 7.66. The molecule has 0 fully saturated rings. The second-order valence-electron chi connectivity index (χ2n) is 3.93. The summed E-state index contributed by atoms with van der Waals surface area (Å²) in [5.41, 5.74) is 0. The summed E-state index contributed by atoms with van der Waals surface area (Å²) in [4.78, 5) is 0.0779. The van der Waals surface area contributed by atoms with Crippen molar-refractivity contribution >= 4 is 21.4 Å². The Kier molecular flexibility index (Phi) is 9.74. The molecule has 98 valence electrons. The first kappa shape index (κ1) is 16.4. The van der Waals surface area contributed by atoms with E-state index < -0.39 is 8.80 Å². The molecule has 0 amide bonds. The fourth-order valence-corrected chi connectivity index (χ4v) is 4.78. The lowest BCUT2D eigenvalue weighted by molar-refractivity contribution is 0.120. The maximum atomic E-state index is 5.39. The third kappa shape index (κ3) is 5.18. The molecule has 0 aromatic carbocycles. The second-order valence-corrected chi connectivity index (χ2v) is 8.17. The molecule has 0 radical (unpaired) electrons. The van der Waals surface area contributed by atoms with Crippen molar-refractivity contribution in [2.75, 3.05) is 21.3 Å². The van der Waals surface area contributed by atoms with E-state index >= 15 is 0 Å². The predicted molar refractivity (Wildman–Crippen MR) is 72.9 cm³/mol. The Morgan fingerprint density at radius 1 is 0.938 bits per heavy atom. The lowest BCUT2D eigenvalue weighted by atomic mass is 10.1. The van der Waals surface area contributed by atoms with Crippen LogP contribution in [0.5, 0.6) is 0 Å². The molecule has 0 heterocycles. The Hall–Kier alpha value is 0.447. The van der Waals surface area contributed by atoms with Gasteiger partial charge < -0.3 is 13.3 Å². The Morgan fingerprint density at radius 3 is 1.88 bits per heavy atom. The molecule has 0 aliphatic rings. The first-order valence-electron chi connectivity index (χ1n) is 6.00. The summed E-state index contributed by atoms with van der Waals surface area (Å²) in [5, 5.41) is 0. The quantitative estimate of drug-likeness (QED) is 0.374. The van der Waals surface area contributed by atoms with Crippen LogP contribution in [-0.4, -0.2) is 35.0 Å². The van der Waals surface area contributed by atoms with E-state index in [4.69, 9.17) is 13.3 Å². The summed E-state index contributed by atoms with van der Waals surface area (Å²) < 4.78 is 16.2. The van der Waals surface area contributed by atoms with Crippen molar-refractivity contribution in [3.8, 4) is 0 Å². The lowest BCUT2D eigenvalue weighted by Crippen LogP contribution is -2.52. The third-order valence-corrected chi connectivity index (χ3v) is 6.86. The Bertz CT molecular complexity index is 157. The summed E-state index contributed by atoms with van der Waals surface area (Å²) in [7, 11) is 2.39. The van der Waals surface area contributed by atoms with Gasteiger partial charge in [0.1, 0.15) is 0 Å². The Morgan fingerprint density at radius 2 is 1.44 bits per heavy atom. The van der Waals surface area contributed by atoms with Crippen molar-refractivity contribution in [1.82, 2.24) is 0 Å². The molecule has 0 N–H and O–H groups in total. The normalized spacial score (nSPS) is 14.1. The van der Waals surface area contributed by atoms with Crippen LogP contribution in [0.25, 0.3) is 0 Å². The molecule has 0 aromatic rings. The van der Waals surface area contributed by atoms with Crippen LogP contribution in [0.3, 0.4) is 0 Å². The lowest BCUT2D eigenvalue weighted by Gasteiger charge is -2.29. The number of rotatable bonds is 10. The van der Waals surface area contributed by atoms with Gasteiger partial charge >= 0.3 is 8.80 Å². The van der Waals surface area contributed by atoms with E-state index in [2.05, 4.69) is 19.6 Å². The highest BCUT2D eigenvalue weighted by Crippen LogP contribution is 2.22. The summed E-state index contributed by atoms with van der Waals surface area (Å²) in [6.07, 6.45) is 7.31. The van der Waals surface area contributed by atoms with Gasteiger partial charge in [0, 0.05) is 21.3 Å². The standard InChI is InChI=1S/C11H26O3SSi/c1-5-6-7-8-9-10-11(15)16(12-2,13-3)14-4/h11,15H,5-10H2,1-4H3. The fraction of sp³-hybridized carbons (Fsp3) is 1.00. The van der Waals surface area contributed by atoms with Crippen LogP contribution in [-0.2, 0) is 13.3 Å². The van der Waals surface area contributed by atoms with Gasteiger partial charge in [0.25, 0.3) is 0 Å². The van der Waals surface area contributed by atoms with Gasteiger partial charge in [-0.15, -0.1) is 0 Å². The fourth-order valence-electron chi connectivity index (χ4n) is 1.78. The smallest absolute Gasteiger partial charge is 0.376 e. The Labute approximate surface area is 107 Å². The summed E-state index contributed by atoms with van der Waals surface area (Å²) in [6, 6.07) is 0. The molecule has 1 unspecified atom stereocenters. The maximum absolute atomic E-state index is 5.39. The molecule has 1 atom stereocenters. The molecule has 0 bridgehead atoms. The van der Waals surface area contributed by atoms with Gasteiger partial charge in [-0.25, -0.2) is 0 Å². The molecular weight excluding hydrogens is 240 g/mol. The van der Waals surface area contributed by atoms with Crippen molar-refractivity contribution in [2.45, 2.75) is 50.3 Å². The topological polar surface area (TPSA) is 27.7 Å². The summed E-state index contributed by atoms with van der Waals surface area (Å²) in [5.74, 6) is 0. The van der Waals surface area contributed by atoms with Gasteiger partial charge in [0.15, 0.2) is 0 Å². The maximum Gasteiger partial charge on any atom is 0.513 e. The van der Waals surface area contributed by atoms with E-state index in [9.17, 15) is 0 Å². The zero-order chi connectivity index (χ0) is 12.4. The zero-order valence-corrected chi connectivity index (χ0v) is 12.9. The van der Waals surface area contributed by atoms with Crippen LogP contribution in [0.4, 0.5) is 0 Å². The first-order valence-corrected chi connectivity index (χ1v) is 8.32. The largest absolute Gasteiger partial charge is 0.513 e. The molecule has 0 aliphatic heterocycles. The van der Waals surface area contributed by atoms with Gasteiger partial charge in [-0.05, 0) is 6.42 Å². The van der Waals surface area contributed by atoms with E-state index in [1.54, 1.807) is 21.3 Å². The molecule has 0 saturated carbocycles. The van der Waals surface area contributed by atoms with Gasteiger partial charge in [-0.1, -0.05) is 39.0 Å². The minimum atomic E-state index is -2.53. The minimum Gasteiger partial charge on any atom is -0.376 e. The number of hydrogen-bond acceptors (Lipinski definition) is 4. The molecule has 16 heavy (non-hydrogen) atoms. The molecule has 0 aromatic heterocycles. The number of hydrogen-bond donors (Lipinski definition) is 1. The van der Waals surface area contributed by atoms with Crippen molar-refractivity contribution in [3.05, 3.63) is 0 Å². The average molecular weight is 266 g/mol. The molecule has 0 saturated heterocycles. The summed E-state index contributed by atoms with van der Waals surface area (Å²) in [6.45, 7) is 2.22. The van der Waals surface area contributed by atoms with E-state index in [0.717, 1.165) is 6.42 Å². The molecule has 0 aliphatic carbocycles. The van der Waals surface area contributed by atoms with Crippen molar-refractivity contribution in [3.63, 3.8) is 0 Å². The molecule has 0 rings (SSSR count). The highest BCUT2D eigenvalue weighted by atomic mass is 32.1. The van der Waals surface area contributed by atoms with Crippen molar-refractivity contribution < 1.29 is 13.3 Å². The van der Waals surface area contributed by atoms with E-state index in [1.807, 2.05) is 0 Å². The van der Waals surface area contributed by atoms with Crippen LogP contribution >= 0.6 is 12.6 Å². The van der Waals surface area contributed by atoms with Crippen molar-refractivity contribution in [2.24, 2.45) is 0 Å². The van der Waals surface area contributed by atoms with Crippen LogP contribution in [0, 0.1) is 0 Å². The van der Waals surface area contributed by atoms with E-state index in [0.29, 0.717) is 0 Å². The van der Waals surface area contributed by atoms with Crippen LogP contribution in [0.1, 0.15) is 45.4 Å². The van der Waals surface area contributed by atoms with Gasteiger partial charge in [0.05, 0.1) is 4.87 Å². The highest BCUT2D eigenvalue weighted by molar-refractivity contribution is 7.83. The minimum absolute atomic E-state index is 0.0779. The molecule has 5 heteroatoms. The van der Waals surface area contributed by atoms with E-state index in [-0.39, 0.29) is 4.87 Å². The average Bonchev–Trinajstić information content (AvgIpc) is 2.32. The summed E-state index contributed by atoms with van der Waals surface area (Å²) >= 11 is 4.56. The number of thiol groups is 1. The van der Waals surface area contributed by atoms with Gasteiger partial charge in [-0.2, -0.15) is 12.6 Å². The van der Waals surface area contributed by atoms with Crippen LogP contribution in [0.15, 0.2) is 0 Å². The van der Waals surface area contributed by atoms with Gasteiger partial charge in [0.2, 0.25) is 0 Å². The Balaban J connectivity index is 3.88. The van der Waals surface area contributed by atoms with Crippen LogP contribution in [0.2, 0.25) is 0 Å².